The molecular weight excluding hydrogens is 284 g/mol. The second kappa shape index (κ2) is 4.33. The molecule has 1 aromatic rings. The Bertz CT molecular complexity index is 368. The molecular formula is C9H12BrClFN3. The fourth-order valence-corrected chi connectivity index (χ4v) is 2.17. The molecule has 1 fully saturated rings. The van der Waals surface area contributed by atoms with Crippen LogP contribution in [0.2, 0.25) is 0 Å². The van der Waals surface area contributed by atoms with Crippen molar-refractivity contribution in [2.75, 3.05) is 0 Å². The molecule has 0 saturated heterocycles. The Labute approximate surface area is 102 Å². The fourth-order valence-electron chi connectivity index (χ4n) is 1.88. The molecule has 0 radical (unpaired) electrons. The van der Waals surface area contributed by atoms with Gasteiger partial charge in [0, 0.05) is 17.1 Å². The van der Waals surface area contributed by atoms with Gasteiger partial charge in [-0.05, 0) is 40.9 Å². The summed E-state index contributed by atoms with van der Waals surface area (Å²) in [6.45, 7) is 0. The second-order valence-electron chi connectivity index (χ2n) is 3.80. The van der Waals surface area contributed by atoms with Crippen LogP contribution in [0.1, 0.15) is 18.4 Å². The van der Waals surface area contributed by atoms with Gasteiger partial charge >= 0.3 is 0 Å². The highest BCUT2D eigenvalue weighted by molar-refractivity contribution is 9.10. The van der Waals surface area contributed by atoms with Crippen LogP contribution in [0.4, 0.5) is 4.39 Å². The number of aromatic nitrogens is 1. The molecule has 2 rings (SSSR count). The van der Waals surface area contributed by atoms with Gasteiger partial charge in [0.15, 0.2) is 0 Å². The van der Waals surface area contributed by atoms with E-state index in [2.05, 4.69) is 20.9 Å². The van der Waals surface area contributed by atoms with Crippen LogP contribution in [-0.4, -0.2) is 11.0 Å². The SMILES string of the molecule is Cl.N[C@H]1C[C@@](N)(c2ccc(Br)nc2F)C1. The van der Waals surface area contributed by atoms with E-state index in [4.69, 9.17) is 11.5 Å². The van der Waals surface area contributed by atoms with E-state index in [0.29, 0.717) is 23.0 Å². The molecule has 0 atom stereocenters. The predicted octanol–water partition coefficient (Wildman–Crippen LogP) is 1.68. The van der Waals surface area contributed by atoms with E-state index >= 15 is 0 Å². The lowest BCUT2D eigenvalue weighted by atomic mass is 9.70. The van der Waals surface area contributed by atoms with Crippen LogP contribution in [0.15, 0.2) is 16.7 Å². The molecule has 1 aliphatic carbocycles. The molecule has 1 aliphatic rings. The zero-order valence-electron chi connectivity index (χ0n) is 7.91. The predicted molar refractivity (Wildman–Crippen MR) is 62.2 cm³/mol. The monoisotopic (exact) mass is 295 g/mol. The highest BCUT2D eigenvalue weighted by Gasteiger charge is 2.42. The van der Waals surface area contributed by atoms with Crippen molar-refractivity contribution in [3.63, 3.8) is 0 Å². The Morgan fingerprint density at radius 1 is 1.47 bits per heavy atom. The summed E-state index contributed by atoms with van der Waals surface area (Å²) in [5, 5.41) is 0. The molecule has 1 saturated carbocycles. The molecule has 0 aromatic carbocycles. The summed E-state index contributed by atoms with van der Waals surface area (Å²) in [7, 11) is 0. The molecule has 0 unspecified atom stereocenters. The molecule has 0 amide bonds. The van der Waals surface area contributed by atoms with E-state index in [1.165, 1.54) is 0 Å². The number of pyridine rings is 1. The summed E-state index contributed by atoms with van der Waals surface area (Å²) in [4.78, 5) is 3.68. The van der Waals surface area contributed by atoms with Gasteiger partial charge in [-0.15, -0.1) is 12.4 Å². The first kappa shape index (κ1) is 12.8. The van der Waals surface area contributed by atoms with Crippen molar-refractivity contribution >= 4 is 28.3 Å². The highest BCUT2D eigenvalue weighted by atomic mass is 79.9. The van der Waals surface area contributed by atoms with Crippen LogP contribution in [-0.2, 0) is 5.54 Å². The number of halogens is 3. The lowest BCUT2D eigenvalue weighted by Crippen LogP contribution is -2.55. The number of nitrogens with zero attached hydrogens (tertiary/aromatic N) is 1. The maximum atomic E-state index is 13.4. The van der Waals surface area contributed by atoms with Gasteiger partial charge in [0.25, 0.3) is 0 Å². The average molecular weight is 297 g/mol. The fraction of sp³-hybridized carbons (Fsp3) is 0.444. The van der Waals surface area contributed by atoms with Crippen LogP contribution in [0.3, 0.4) is 0 Å². The normalized spacial score (nSPS) is 29.2. The summed E-state index contributed by atoms with van der Waals surface area (Å²) < 4.78 is 13.9. The van der Waals surface area contributed by atoms with Crippen molar-refractivity contribution in [3.05, 3.63) is 28.2 Å². The van der Waals surface area contributed by atoms with Gasteiger partial charge in [-0.1, -0.05) is 0 Å². The molecule has 0 spiro atoms. The van der Waals surface area contributed by atoms with Crippen LogP contribution in [0, 0.1) is 5.95 Å². The van der Waals surface area contributed by atoms with E-state index in [9.17, 15) is 4.39 Å². The van der Waals surface area contributed by atoms with E-state index in [1.54, 1.807) is 12.1 Å². The van der Waals surface area contributed by atoms with Crippen molar-refractivity contribution < 1.29 is 4.39 Å². The van der Waals surface area contributed by atoms with Gasteiger partial charge in [-0.25, -0.2) is 4.98 Å². The molecule has 1 aromatic heterocycles. The number of nitrogens with two attached hydrogens (primary N) is 2. The summed E-state index contributed by atoms with van der Waals surface area (Å²) in [6, 6.07) is 3.44. The zero-order valence-corrected chi connectivity index (χ0v) is 10.3. The van der Waals surface area contributed by atoms with Crippen molar-refractivity contribution in [3.8, 4) is 0 Å². The first-order chi connectivity index (χ1) is 6.51. The third-order valence-corrected chi connectivity index (χ3v) is 3.05. The van der Waals surface area contributed by atoms with Gasteiger partial charge in [-0.3, -0.25) is 0 Å². The van der Waals surface area contributed by atoms with Gasteiger partial charge in [0.05, 0.1) is 0 Å². The minimum atomic E-state index is -0.614. The van der Waals surface area contributed by atoms with Crippen molar-refractivity contribution in [1.82, 2.24) is 4.98 Å². The van der Waals surface area contributed by atoms with Gasteiger partial charge in [0.2, 0.25) is 5.95 Å². The summed E-state index contributed by atoms with van der Waals surface area (Å²) in [5.41, 5.74) is 11.5. The third-order valence-electron chi connectivity index (χ3n) is 2.60. The minimum Gasteiger partial charge on any atom is -0.328 e. The smallest absolute Gasteiger partial charge is 0.218 e. The largest absolute Gasteiger partial charge is 0.328 e. The average Bonchev–Trinajstić information content (AvgIpc) is 2.00. The number of hydrogen-bond donors (Lipinski definition) is 2. The Morgan fingerprint density at radius 3 is 2.53 bits per heavy atom. The first-order valence-corrected chi connectivity index (χ1v) is 5.17. The van der Waals surface area contributed by atoms with E-state index in [1.807, 2.05) is 0 Å². The Hall–Kier alpha value is -0.230. The third kappa shape index (κ3) is 2.30. The minimum absolute atomic E-state index is 0. The van der Waals surface area contributed by atoms with Crippen LogP contribution < -0.4 is 11.5 Å². The maximum Gasteiger partial charge on any atom is 0.218 e. The van der Waals surface area contributed by atoms with Crippen molar-refractivity contribution in [2.45, 2.75) is 24.4 Å². The summed E-state index contributed by atoms with van der Waals surface area (Å²) in [5.74, 6) is -0.506. The van der Waals surface area contributed by atoms with Crippen molar-refractivity contribution in [2.24, 2.45) is 11.5 Å². The molecule has 15 heavy (non-hydrogen) atoms. The second-order valence-corrected chi connectivity index (χ2v) is 4.61. The first-order valence-electron chi connectivity index (χ1n) is 4.38. The molecule has 1 heterocycles. The van der Waals surface area contributed by atoms with Crippen LogP contribution in [0.5, 0.6) is 0 Å². The quantitative estimate of drug-likeness (QED) is 0.775. The molecule has 0 bridgehead atoms. The topological polar surface area (TPSA) is 64.9 Å². The van der Waals surface area contributed by atoms with E-state index in [0.717, 1.165) is 0 Å². The van der Waals surface area contributed by atoms with Gasteiger partial charge < -0.3 is 11.5 Å². The summed E-state index contributed by atoms with van der Waals surface area (Å²) >= 11 is 3.10. The molecule has 3 nitrogen and oxygen atoms in total. The maximum absolute atomic E-state index is 13.4. The van der Waals surface area contributed by atoms with Crippen LogP contribution >= 0.6 is 28.3 Å². The van der Waals surface area contributed by atoms with Gasteiger partial charge in [-0.2, -0.15) is 4.39 Å². The number of hydrogen-bond acceptors (Lipinski definition) is 3. The molecule has 6 heteroatoms. The van der Waals surface area contributed by atoms with Crippen LogP contribution in [0.25, 0.3) is 0 Å². The summed E-state index contributed by atoms with van der Waals surface area (Å²) in [6.07, 6.45) is 1.24. The lowest BCUT2D eigenvalue weighted by Gasteiger charge is -2.43. The standard InChI is InChI=1S/C9H11BrFN3.ClH/c10-7-2-1-6(8(11)14-7)9(13)3-5(12)4-9;/h1-2,5H,3-4,12-13H2;1H/t5-,9-;. The van der Waals surface area contributed by atoms with E-state index < -0.39 is 11.5 Å². The Kier molecular flexibility index (Phi) is 3.71. The van der Waals surface area contributed by atoms with E-state index in [-0.39, 0.29) is 18.4 Å². The zero-order chi connectivity index (χ0) is 10.3. The molecule has 84 valence electrons. The lowest BCUT2D eigenvalue weighted by molar-refractivity contribution is 0.203. The number of rotatable bonds is 1. The Balaban J connectivity index is 0.00000112. The van der Waals surface area contributed by atoms with Crippen molar-refractivity contribution in [1.29, 1.82) is 0 Å². The van der Waals surface area contributed by atoms with Gasteiger partial charge in [0.1, 0.15) is 4.60 Å². The molecule has 0 aliphatic heterocycles. The molecule has 4 N–H and O–H groups in total. The Morgan fingerprint density at radius 2 is 2.07 bits per heavy atom. The highest BCUT2D eigenvalue weighted by Crippen LogP contribution is 2.38.